The van der Waals surface area contributed by atoms with Crippen LogP contribution in [0.3, 0.4) is 0 Å². The first kappa shape index (κ1) is 14.6. The van der Waals surface area contributed by atoms with Crippen LogP contribution in [0.15, 0.2) is 24.3 Å². The summed E-state index contributed by atoms with van der Waals surface area (Å²) < 4.78 is 13.0. The average Bonchev–Trinajstić information content (AvgIpc) is 2.28. The number of rotatable bonds is 6. The van der Waals surface area contributed by atoms with E-state index in [9.17, 15) is 9.18 Å². The van der Waals surface area contributed by atoms with Crippen molar-refractivity contribution < 1.29 is 9.18 Å². The molecule has 3 nitrogen and oxygen atoms in total. The van der Waals surface area contributed by atoms with E-state index in [-0.39, 0.29) is 17.8 Å². The monoisotopic (exact) mass is 252 g/mol. The van der Waals surface area contributed by atoms with E-state index in [1.54, 1.807) is 12.1 Å². The van der Waals surface area contributed by atoms with Gasteiger partial charge in [-0.2, -0.15) is 0 Å². The molecule has 1 aromatic carbocycles. The smallest absolute Gasteiger partial charge is 0.221 e. The molecule has 0 saturated carbocycles. The Morgan fingerprint density at radius 2 is 2.06 bits per heavy atom. The zero-order valence-electron chi connectivity index (χ0n) is 11.2. The molecule has 100 valence electrons. The van der Waals surface area contributed by atoms with Crippen molar-refractivity contribution in [3.8, 4) is 0 Å². The molecule has 1 aromatic rings. The summed E-state index contributed by atoms with van der Waals surface area (Å²) in [5, 5.41) is 6.03. The quantitative estimate of drug-likeness (QED) is 0.816. The number of carbonyl (C=O) groups excluding carboxylic acids is 1. The van der Waals surface area contributed by atoms with Crippen LogP contribution in [0.2, 0.25) is 0 Å². The molecule has 18 heavy (non-hydrogen) atoms. The molecule has 0 radical (unpaired) electrons. The Hall–Kier alpha value is -1.42. The van der Waals surface area contributed by atoms with Crippen LogP contribution in [0.1, 0.15) is 38.8 Å². The summed E-state index contributed by atoms with van der Waals surface area (Å²) in [5.41, 5.74) is 0.778. The number of halogens is 1. The lowest BCUT2D eigenvalue weighted by atomic mass is 10.1. The van der Waals surface area contributed by atoms with E-state index in [0.29, 0.717) is 19.0 Å². The Morgan fingerprint density at radius 3 is 2.67 bits per heavy atom. The first-order valence-corrected chi connectivity index (χ1v) is 6.27. The van der Waals surface area contributed by atoms with Crippen molar-refractivity contribution in [1.82, 2.24) is 10.6 Å². The van der Waals surface area contributed by atoms with Crippen LogP contribution in [0.4, 0.5) is 4.39 Å². The minimum absolute atomic E-state index is 0.0279. The lowest BCUT2D eigenvalue weighted by Gasteiger charge is -2.15. The third-order valence-corrected chi connectivity index (χ3v) is 2.63. The second-order valence-electron chi connectivity index (χ2n) is 4.70. The highest BCUT2D eigenvalue weighted by Gasteiger charge is 2.09. The van der Waals surface area contributed by atoms with E-state index in [4.69, 9.17) is 0 Å². The van der Waals surface area contributed by atoms with Gasteiger partial charge < -0.3 is 10.6 Å². The Bertz CT molecular complexity index is 393. The van der Waals surface area contributed by atoms with E-state index in [2.05, 4.69) is 10.6 Å². The summed E-state index contributed by atoms with van der Waals surface area (Å²) in [7, 11) is 0. The highest BCUT2D eigenvalue weighted by molar-refractivity contribution is 5.76. The van der Waals surface area contributed by atoms with Crippen molar-refractivity contribution in [2.75, 3.05) is 6.54 Å². The average molecular weight is 252 g/mol. The van der Waals surface area contributed by atoms with Gasteiger partial charge in [-0.3, -0.25) is 4.79 Å². The lowest BCUT2D eigenvalue weighted by molar-refractivity contribution is -0.121. The lowest BCUT2D eigenvalue weighted by Crippen LogP contribution is -2.31. The molecule has 0 spiro atoms. The number of hydrogen-bond donors (Lipinski definition) is 2. The molecular formula is C14H21FN2O. The van der Waals surface area contributed by atoms with Crippen molar-refractivity contribution in [3.05, 3.63) is 35.6 Å². The van der Waals surface area contributed by atoms with Crippen LogP contribution in [-0.4, -0.2) is 18.5 Å². The van der Waals surface area contributed by atoms with Crippen LogP contribution in [0, 0.1) is 5.82 Å². The van der Waals surface area contributed by atoms with Gasteiger partial charge in [0.25, 0.3) is 0 Å². The van der Waals surface area contributed by atoms with Crippen molar-refractivity contribution >= 4 is 5.91 Å². The summed E-state index contributed by atoms with van der Waals surface area (Å²) in [6.07, 6.45) is 0.428. The van der Waals surface area contributed by atoms with Gasteiger partial charge in [0.1, 0.15) is 5.82 Å². The van der Waals surface area contributed by atoms with Gasteiger partial charge in [0.05, 0.1) is 6.04 Å². The maximum Gasteiger partial charge on any atom is 0.221 e. The van der Waals surface area contributed by atoms with Crippen LogP contribution in [0.25, 0.3) is 0 Å². The van der Waals surface area contributed by atoms with Gasteiger partial charge in [0.15, 0.2) is 0 Å². The van der Waals surface area contributed by atoms with Crippen molar-refractivity contribution in [1.29, 1.82) is 0 Å². The summed E-state index contributed by atoms with van der Waals surface area (Å²) in [5.74, 6) is -0.310. The minimum atomic E-state index is -0.282. The normalized spacial score (nSPS) is 12.5. The van der Waals surface area contributed by atoms with E-state index in [1.165, 1.54) is 12.1 Å². The first-order valence-electron chi connectivity index (χ1n) is 6.27. The van der Waals surface area contributed by atoms with Gasteiger partial charge in [0, 0.05) is 19.0 Å². The van der Waals surface area contributed by atoms with Crippen LogP contribution < -0.4 is 10.6 Å². The zero-order valence-corrected chi connectivity index (χ0v) is 11.2. The molecule has 0 aromatic heterocycles. The molecule has 0 aliphatic heterocycles. The standard InChI is InChI=1S/C14H21FN2O/c1-10(2)16-8-7-14(18)17-11(3)12-5-4-6-13(15)9-12/h4-6,9-11,16H,7-8H2,1-3H3,(H,17,18)/t11-/m0/s1. The van der Waals surface area contributed by atoms with Gasteiger partial charge >= 0.3 is 0 Å². The second-order valence-corrected chi connectivity index (χ2v) is 4.70. The third kappa shape index (κ3) is 5.27. The SMILES string of the molecule is CC(C)NCCC(=O)N[C@@H](C)c1cccc(F)c1. The molecule has 4 heteroatoms. The highest BCUT2D eigenvalue weighted by atomic mass is 19.1. The molecule has 0 heterocycles. The third-order valence-electron chi connectivity index (χ3n) is 2.63. The maximum atomic E-state index is 13.0. The maximum absolute atomic E-state index is 13.0. The Morgan fingerprint density at radius 1 is 1.33 bits per heavy atom. The summed E-state index contributed by atoms with van der Waals surface area (Å²) in [6, 6.07) is 6.49. The molecule has 0 aliphatic rings. The topological polar surface area (TPSA) is 41.1 Å². The Balaban J connectivity index is 2.40. The molecular weight excluding hydrogens is 231 g/mol. The predicted molar refractivity (Wildman–Crippen MR) is 70.7 cm³/mol. The van der Waals surface area contributed by atoms with Crippen molar-refractivity contribution in [3.63, 3.8) is 0 Å². The fourth-order valence-electron chi connectivity index (χ4n) is 1.65. The van der Waals surface area contributed by atoms with Crippen LogP contribution >= 0.6 is 0 Å². The Kier molecular flexibility index (Phi) is 5.78. The first-order chi connectivity index (χ1) is 8.49. The van der Waals surface area contributed by atoms with E-state index >= 15 is 0 Å². The number of benzene rings is 1. The fourth-order valence-corrected chi connectivity index (χ4v) is 1.65. The van der Waals surface area contributed by atoms with E-state index < -0.39 is 0 Å². The second kappa shape index (κ2) is 7.11. The van der Waals surface area contributed by atoms with Crippen molar-refractivity contribution in [2.24, 2.45) is 0 Å². The van der Waals surface area contributed by atoms with E-state index in [1.807, 2.05) is 20.8 Å². The molecule has 0 aliphatic carbocycles. The summed E-state index contributed by atoms with van der Waals surface area (Å²) >= 11 is 0. The minimum Gasteiger partial charge on any atom is -0.350 e. The molecule has 1 atom stereocenters. The molecule has 0 unspecified atom stereocenters. The highest BCUT2D eigenvalue weighted by Crippen LogP contribution is 2.13. The Labute approximate surface area is 108 Å². The van der Waals surface area contributed by atoms with Gasteiger partial charge in [-0.25, -0.2) is 4.39 Å². The van der Waals surface area contributed by atoms with Crippen molar-refractivity contribution in [2.45, 2.75) is 39.3 Å². The molecule has 1 rings (SSSR count). The van der Waals surface area contributed by atoms with Gasteiger partial charge in [-0.1, -0.05) is 26.0 Å². The summed E-state index contributed by atoms with van der Waals surface area (Å²) in [4.78, 5) is 11.6. The number of carbonyl (C=O) groups is 1. The van der Waals surface area contributed by atoms with Gasteiger partial charge in [-0.15, -0.1) is 0 Å². The largest absolute Gasteiger partial charge is 0.350 e. The number of amides is 1. The van der Waals surface area contributed by atoms with Gasteiger partial charge in [-0.05, 0) is 24.6 Å². The number of nitrogens with one attached hydrogen (secondary N) is 2. The fraction of sp³-hybridized carbons (Fsp3) is 0.500. The zero-order chi connectivity index (χ0) is 13.5. The molecule has 0 fully saturated rings. The molecule has 0 saturated heterocycles. The number of hydrogen-bond acceptors (Lipinski definition) is 2. The molecule has 2 N–H and O–H groups in total. The molecule has 1 amide bonds. The van der Waals surface area contributed by atoms with Crippen LogP contribution in [0.5, 0.6) is 0 Å². The van der Waals surface area contributed by atoms with Gasteiger partial charge in [0.2, 0.25) is 5.91 Å². The van der Waals surface area contributed by atoms with E-state index in [0.717, 1.165) is 5.56 Å². The van der Waals surface area contributed by atoms with Crippen LogP contribution in [-0.2, 0) is 4.79 Å². The molecule has 0 bridgehead atoms. The predicted octanol–water partition coefficient (Wildman–Crippen LogP) is 2.39. The summed E-state index contributed by atoms with van der Waals surface area (Å²) in [6.45, 7) is 6.57.